The molecule has 0 amide bonds. The molecule has 0 aromatic heterocycles. The fourth-order valence-electron chi connectivity index (χ4n) is 8.34. The van der Waals surface area contributed by atoms with Gasteiger partial charge in [-0.15, -0.1) is 0 Å². The summed E-state index contributed by atoms with van der Waals surface area (Å²) in [5, 5.41) is 0. The largest absolute Gasteiger partial charge is 0.0651 e. The van der Waals surface area contributed by atoms with E-state index in [1.165, 1.54) is 77.0 Å². The van der Waals surface area contributed by atoms with Gasteiger partial charge in [0.2, 0.25) is 0 Å². The van der Waals surface area contributed by atoms with E-state index in [4.69, 9.17) is 0 Å². The van der Waals surface area contributed by atoms with Gasteiger partial charge in [0.05, 0.1) is 0 Å². The molecule has 0 aromatic rings. The van der Waals surface area contributed by atoms with Crippen molar-refractivity contribution in [2.24, 2.45) is 46.3 Å². The Hall–Kier alpha value is 0. The molecule has 3 rings (SSSR count). The molecule has 3 fully saturated rings. The summed E-state index contributed by atoms with van der Waals surface area (Å²) < 4.78 is 0. The highest BCUT2D eigenvalue weighted by Crippen LogP contribution is 2.67. The topological polar surface area (TPSA) is 0 Å². The van der Waals surface area contributed by atoms with Gasteiger partial charge in [0.15, 0.2) is 0 Å². The fraction of sp³-hybridized carbons (Fsp3) is 1.00. The number of hydrogen-bond acceptors (Lipinski definition) is 0. The average Bonchev–Trinajstić information content (AvgIpc) is 2.75. The molecule has 8 atom stereocenters. The van der Waals surface area contributed by atoms with Crippen LogP contribution in [0.1, 0.15) is 119 Å². The van der Waals surface area contributed by atoms with E-state index in [1.807, 2.05) is 0 Å². The first-order valence-electron chi connectivity index (χ1n) is 12.3. The number of hydrogen-bond donors (Lipinski definition) is 0. The molecule has 0 N–H and O–H groups in total. The summed E-state index contributed by atoms with van der Waals surface area (Å²) in [4.78, 5) is 0. The van der Waals surface area contributed by atoms with Gasteiger partial charge in [0.25, 0.3) is 0 Å². The molecule has 3 saturated carbocycles. The van der Waals surface area contributed by atoms with Crippen molar-refractivity contribution < 1.29 is 0 Å². The van der Waals surface area contributed by atoms with E-state index in [9.17, 15) is 0 Å². The quantitative estimate of drug-likeness (QED) is 0.461. The molecule has 0 aromatic carbocycles. The van der Waals surface area contributed by atoms with Gasteiger partial charge in [-0.05, 0) is 78.4 Å². The van der Waals surface area contributed by atoms with E-state index >= 15 is 0 Å². The maximum absolute atomic E-state index is 2.75. The number of fused-ring (bicyclic) bond motifs is 3. The lowest BCUT2D eigenvalue weighted by Gasteiger charge is -2.63. The predicted octanol–water partition coefficient (Wildman–Crippen LogP) is 8.50. The summed E-state index contributed by atoms with van der Waals surface area (Å²) in [7, 11) is 0. The second-order valence-electron chi connectivity index (χ2n) is 11.5. The maximum Gasteiger partial charge on any atom is -0.0261 e. The Morgan fingerprint density at radius 3 is 2.38 bits per heavy atom. The highest BCUT2D eigenvalue weighted by atomic mass is 14.6. The molecule has 3 aliphatic rings. The van der Waals surface area contributed by atoms with Gasteiger partial charge in [-0.2, -0.15) is 0 Å². The van der Waals surface area contributed by atoms with Crippen LogP contribution in [-0.4, -0.2) is 0 Å². The minimum absolute atomic E-state index is 0.627. The molecule has 0 heteroatoms. The van der Waals surface area contributed by atoms with Gasteiger partial charge in [0, 0.05) is 0 Å². The zero-order valence-corrected chi connectivity index (χ0v) is 18.9. The van der Waals surface area contributed by atoms with Gasteiger partial charge < -0.3 is 0 Å². The molecule has 0 radical (unpaired) electrons. The molecule has 152 valence electrons. The summed E-state index contributed by atoms with van der Waals surface area (Å²) in [6.07, 6.45) is 17.9. The summed E-state index contributed by atoms with van der Waals surface area (Å²) >= 11 is 0. The lowest BCUT2D eigenvalue weighted by molar-refractivity contribution is -0.142. The van der Waals surface area contributed by atoms with Crippen LogP contribution in [0.4, 0.5) is 0 Å². The molecule has 0 heterocycles. The Kier molecular flexibility index (Phi) is 6.51. The van der Waals surface area contributed by atoms with Crippen molar-refractivity contribution >= 4 is 0 Å². The summed E-state index contributed by atoms with van der Waals surface area (Å²) in [6.45, 7) is 15.5. The van der Waals surface area contributed by atoms with E-state index < -0.39 is 0 Å². The second kappa shape index (κ2) is 8.16. The van der Waals surface area contributed by atoms with Crippen molar-refractivity contribution in [1.82, 2.24) is 0 Å². The summed E-state index contributed by atoms with van der Waals surface area (Å²) in [5.41, 5.74) is 1.26. The van der Waals surface area contributed by atoms with Crippen molar-refractivity contribution in [3.8, 4) is 0 Å². The summed E-state index contributed by atoms with van der Waals surface area (Å²) in [6, 6.07) is 0. The van der Waals surface area contributed by atoms with E-state index in [2.05, 4.69) is 41.5 Å². The maximum atomic E-state index is 2.75. The Balaban J connectivity index is 1.79. The first kappa shape index (κ1) is 20.7. The van der Waals surface area contributed by atoms with Crippen LogP contribution >= 0.6 is 0 Å². The average molecular weight is 361 g/mol. The minimum atomic E-state index is 0.627. The van der Waals surface area contributed by atoms with Crippen LogP contribution in [0.15, 0.2) is 0 Å². The lowest BCUT2D eigenvalue weighted by Crippen LogP contribution is -2.55. The van der Waals surface area contributed by atoms with Gasteiger partial charge in [-0.1, -0.05) is 86.5 Å². The highest BCUT2D eigenvalue weighted by molar-refractivity contribution is 5.07. The van der Waals surface area contributed by atoms with E-state index in [0.717, 1.165) is 35.5 Å². The molecule has 0 bridgehead atoms. The lowest BCUT2D eigenvalue weighted by atomic mass is 9.42. The van der Waals surface area contributed by atoms with Gasteiger partial charge in [-0.25, -0.2) is 0 Å². The van der Waals surface area contributed by atoms with Crippen LogP contribution in [0.3, 0.4) is 0 Å². The Bertz CT molecular complexity index is 453. The molecule has 0 spiro atoms. The second-order valence-corrected chi connectivity index (χ2v) is 11.5. The fourth-order valence-corrected chi connectivity index (χ4v) is 8.34. The molecule has 3 aliphatic carbocycles. The molecule has 0 saturated heterocycles. The smallest absolute Gasteiger partial charge is 0.0261 e. The molecular weight excluding hydrogens is 312 g/mol. The summed E-state index contributed by atoms with van der Waals surface area (Å²) in [5.74, 6) is 5.85. The van der Waals surface area contributed by atoms with Crippen molar-refractivity contribution in [2.45, 2.75) is 119 Å². The zero-order valence-electron chi connectivity index (χ0n) is 18.9. The Morgan fingerprint density at radius 2 is 1.65 bits per heavy atom. The minimum Gasteiger partial charge on any atom is -0.0651 e. The first-order chi connectivity index (χ1) is 12.3. The van der Waals surface area contributed by atoms with Crippen molar-refractivity contribution in [3.05, 3.63) is 0 Å². The van der Waals surface area contributed by atoms with Crippen molar-refractivity contribution in [3.63, 3.8) is 0 Å². The van der Waals surface area contributed by atoms with E-state index in [1.54, 1.807) is 0 Å². The third-order valence-corrected chi connectivity index (χ3v) is 10.1. The molecule has 2 unspecified atom stereocenters. The third kappa shape index (κ3) is 3.65. The predicted molar refractivity (Wildman–Crippen MR) is 115 cm³/mol. The Morgan fingerprint density at radius 1 is 0.885 bits per heavy atom. The molecule has 26 heavy (non-hydrogen) atoms. The van der Waals surface area contributed by atoms with Crippen LogP contribution < -0.4 is 0 Å². The van der Waals surface area contributed by atoms with Crippen LogP contribution in [0.25, 0.3) is 0 Å². The van der Waals surface area contributed by atoms with Crippen LogP contribution in [0, 0.1) is 46.3 Å². The standard InChI is InChI=1S/C26H48/c1-7-19(2)11-10-13-22-21(4)14-15-24-25(5)17-9-8-12-20(3)23(25)16-18-26(22,24)6/h19-24H,7-18H2,1-6H3/t19?,20-,21?,22+,23-,24+,25-,26-/m0/s1. The van der Waals surface area contributed by atoms with Crippen LogP contribution in [0.2, 0.25) is 0 Å². The Labute approximate surface area is 165 Å². The molecular formula is C26H48. The molecule has 0 aliphatic heterocycles. The zero-order chi connectivity index (χ0) is 18.9. The van der Waals surface area contributed by atoms with E-state index in [0.29, 0.717) is 10.8 Å². The van der Waals surface area contributed by atoms with Crippen LogP contribution in [0.5, 0.6) is 0 Å². The van der Waals surface area contributed by atoms with E-state index in [-0.39, 0.29) is 0 Å². The van der Waals surface area contributed by atoms with Crippen LogP contribution in [-0.2, 0) is 0 Å². The van der Waals surface area contributed by atoms with Gasteiger partial charge >= 0.3 is 0 Å². The number of rotatable bonds is 5. The van der Waals surface area contributed by atoms with Gasteiger partial charge in [0.1, 0.15) is 0 Å². The highest BCUT2D eigenvalue weighted by Gasteiger charge is 2.58. The molecule has 0 nitrogen and oxygen atoms in total. The monoisotopic (exact) mass is 360 g/mol. The van der Waals surface area contributed by atoms with Crippen molar-refractivity contribution in [1.29, 1.82) is 0 Å². The van der Waals surface area contributed by atoms with Crippen molar-refractivity contribution in [2.75, 3.05) is 0 Å². The SMILES string of the molecule is CCC(C)CCC[C@@H]1C(C)CC[C@H]2[C@@]1(C)CC[C@H]1[C@@H](C)CCCC[C@]21C. The third-order valence-electron chi connectivity index (χ3n) is 10.1. The first-order valence-corrected chi connectivity index (χ1v) is 12.3. The van der Waals surface area contributed by atoms with Gasteiger partial charge in [-0.3, -0.25) is 0 Å². The normalized spacial score (nSPS) is 47.5.